The average molecular weight is 449 g/mol. The molecule has 30 heavy (non-hydrogen) atoms. The molecule has 0 radical (unpaired) electrons. The number of amides is 5. The molecule has 0 saturated carbocycles. The van der Waals surface area contributed by atoms with Crippen LogP contribution in [0.2, 0.25) is 0 Å². The van der Waals surface area contributed by atoms with Gasteiger partial charge in [0.2, 0.25) is 29.5 Å². The Morgan fingerprint density at radius 3 is 2.00 bits per heavy atom. The Morgan fingerprint density at radius 1 is 0.900 bits per heavy atom. The highest BCUT2D eigenvalue weighted by Crippen LogP contribution is 2.04. The summed E-state index contributed by atoms with van der Waals surface area (Å²) < 4.78 is 0. The van der Waals surface area contributed by atoms with Crippen LogP contribution < -0.4 is 33.2 Å². The number of carbonyl (C=O) groups is 6. The molecule has 0 spiro atoms. The van der Waals surface area contributed by atoms with Crippen molar-refractivity contribution in [3.05, 3.63) is 0 Å². The van der Waals surface area contributed by atoms with Crippen LogP contribution in [0.15, 0.2) is 0 Å². The minimum absolute atomic E-state index is 0.0140. The van der Waals surface area contributed by atoms with Gasteiger partial charge in [0.25, 0.3) is 0 Å². The Bertz CT molecular complexity index is 660. The second kappa shape index (κ2) is 14.2. The smallest absolute Gasteiger partial charge is 0.322 e. The highest BCUT2D eigenvalue weighted by molar-refractivity contribution is 7.98. The minimum atomic E-state index is -1.42. The van der Waals surface area contributed by atoms with Gasteiger partial charge in [0.15, 0.2) is 0 Å². The van der Waals surface area contributed by atoms with Gasteiger partial charge in [-0.25, -0.2) is 0 Å². The van der Waals surface area contributed by atoms with Gasteiger partial charge in [-0.15, -0.1) is 0 Å². The third kappa shape index (κ3) is 11.9. The molecule has 0 aromatic carbocycles. The van der Waals surface area contributed by atoms with E-state index >= 15 is 0 Å². The summed E-state index contributed by atoms with van der Waals surface area (Å²) in [4.78, 5) is 69.5. The normalized spacial score (nSPS) is 13.4. The lowest BCUT2D eigenvalue weighted by molar-refractivity contribution is -0.138. The zero-order chi connectivity index (χ0) is 23.3. The molecule has 170 valence electrons. The fraction of sp³-hybridized carbons (Fsp3) is 0.625. The van der Waals surface area contributed by atoms with E-state index in [1.165, 1.54) is 11.8 Å². The van der Waals surface area contributed by atoms with Crippen LogP contribution in [0.25, 0.3) is 0 Å². The van der Waals surface area contributed by atoms with Crippen molar-refractivity contribution in [3.8, 4) is 0 Å². The summed E-state index contributed by atoms with van der Waals surface area (Å²) in [6, 6.07) is -3.60. The van der Waals surface area contributed by atoms with Gasteiger partial charge in [0.1, 0.15) is 18.6 Å². The molecule has 0 aromatic rings. The Hall–Kier alpha value is -2.87. The number of carboxylic acids is 1. The van der Waals surface area contributed by atoms with Crippen LogP contribution in [0, 0.1) is 0 Å². The molecule has 3 atom stereocenters. The standard InChI is InChI=1S/C16H28N6O7S/c1-30-5-4-9(21-14(27)8(17)2-3-11(18)23)16(29)22-10(6-12(19)24)15(28)20-7-13(25)26/h8-10H,2-7,17H2,1H3,(H2,18,23)(H2,19,24)(H,20,28)(H,21,27)(H,22,29)(H,25,26). The summed E-state index contributed by atoms with van der Waals surface area (Å²) in [6.45, 7) is -0.717. The lowest BCUT2D eigenvalue weighted by atomic mass is 10.1. The number of carboxylic acid groups (broad SMARTS) is 1. The number of nitrogens with two attached hydrogens (primary N) is 3. The quantitative estimate of drug-likeness (QED) is 0.131. The SMILES string of the molecule is CSCCC(NC(=O)C(N)CCC(N)=O)C(=O)NC(CC(N)=O)C(=O)NCC(=O)O. The summed E-state index contributed by atoms with van der Waals surface area (Å²) in [5.41, 5.74) is 15.8. The van der Waals surface area contributed by atoms with Crippen molar-refractivity contribution in [2.45, 2.75) is 43.8 Å². The van der Waals surface area contributed by atoms with Crippen molar-refractivity contribution in [1.82, 2.24) is 16.0 Å². The molecular weight excluding hydrogens is 420 g/mol. The maximum absolute atomic E-state index is 12.6. The van der Waals surface area contributed by atoms with Crippen LogP contribution in [0.5, 0.6) is 0 Å². The lowest BCUT2D eigenvalue weighted by Gasteiger charge is -2.23. The van der Waals surface area contributed by atoms with Gasteiger partial charge in [-0.2, -0.15) is 11.8 Å². The minimum Gasteiger partial charge on any atom is -0.480 e. The van der Waals surface area contributed by atoms with Crippen LogP contribution in [0.3, 0.4) is 0 Å². The molecule has 0 bridgehead atoms. The summed E-state index contributed by atoms with van der Waals surface area (Å²) in [5.74, 6) is -4.77. The van der Waals surface area contributed by atoms with Crippen molar-refractivity contribution in [3.63, 3.8) is 0 Å². The van der Waals surface area contributed by atoms with E-state index in [9.17, 15) is 28.8 Å². The molecule has 0 heterocycles. The third-order valence-electron chi connectivity index (χ3n) is 3.73. The Labute approximate surface area is 177 Å². The van der Waals surface area contributed by atoms with Crippen molar-refractivity contribution in [2.75, 3.05) is 18.6 Å². The fourth-order valence-corrected chi connectivity index (χ4v) is 2.65. The molecular formula is C16H28N6O7S. The first-order chi connectivity index (χ1) is 14.0. The number of hydrogen-bond acceptors (Lipinski definition) is 8. The first-order valence-corrected chi connectivity index (χ1v) is 10.3. The van der Waals surface area contributed by atoms with Crippen LogP contribution >= 0.6 is 11.8 Å². The zero-order valence-corrected chi connectivity index (χ0v) is 17.3. The van der Waals surface area contributed by atoms with E-state index in [1.807, 2.05) is 5.32 Å². The maximum Gasteiger partial charge on any atom is 0.322 e. The van der Waals surface area contributed by atoms with E-state index in [-0.39, 0.29) is 19.3 Å². The number of rotatable bonds is 15. The van der Waals surface area contributed by atoms with Crippen molar-refractivity contribution >= 4 is 47.3 Å². The molecule has 0 aromatic heterocycles. The Kier molecular flexibility index (Phi) is 12.8. The molecule has 5 amide bonds. The predicted octanol–water partition coefficient (Wildman–Crippen LogP) is -3.62. The molecule has 0 rings (SSSR count). The Balaban J connectivity index is 5.18. The molecule has 14 heteroatoms. The topological polar surface area (TPSA) is 237 Å². The largest absolute Gasteiger partial charge is 0.480 e. The van der Waals surface area contributed by atoms with E-state index < -0.39 is 66.6 Å². The number of primary amides is 2. The van der Waals surface area contributed by atoms with Gasteiger partial charge in [0, 0.05) is 6.42 Å². The van der Waals surface area contributed by atoms with Crippen molar-refractivity contribution < 1.29 is 33.9 Å². The number of carbonyl (C=O) groups excluding carboxylic acids is 5. The fourth-order valence-electron chi connectivity index (χ4n) is 2.18. The molecule has 0 saturated heterocycles. The number of hydrogen-bond donors (Lipinski definition) is 7. The second-order valence-corrected chi connectivity index (χ2v) is 7.28. The molecule has 0 aliphatic carbocycles. The first kappa shape index (κ1) is 27.1. The van der Waals surface area contributed by atoms with Gasteiger partial charge in [-0.05, 0) is 24.9 Å². The average Bonchev–Trinajstić information content (AvgIpc) is 2.65. The van der Waals surface area contributed by atoms with E-state index in [0.717, 1.165) is 0 Å². The van der Waals surface area contributed by atoms with E-state index in [4.69, 9.17) is 22.3 Å². The predicted molar refractivity (Wildman–Crippen MR) is 108 cm³/mol. The molecule has 0 aliphatic rings. The van der Waals surface area contributed by atoms with E-state index in [1.54, 1.807) is 6.26 Å². The monoisotopic (exact) mass is 448 g/mol. The number of nitrogens with one attached hydrogen (secondary N) is 3. The van der Waals surface area contributed by atoms with Gasteiger partial charge in [-0.1, -0.05) is 0 Å². The highest BCUT2D eigenvalue weighted by atomic mass is 32.2. The van der Waals surface area contributed by atoms with Crippen LogP contribution in [-0.2, 0) is 28.8 Å². The summed E-state index contributed by atoms with van der Waals surface area (Å²) in [5, 5.41) is 15.4. The molecule has 0 aliphatic heterocycles. The Morgan fingerprint density at radius 2 is 1.50 bits per heavy atom. The van der Waals surface area contributed by atoms with Gasteiger partial charge >= 0.3 is 5.97 Å². The van der Waals surface area contributed by atoms with Crippen molar-refractivity contribution in [2.24, 2.45) is 17.2 Å². The van der Waals surface area contributed by atoms with E-state index in [2.05, 4.69) is 10.6 Å². The third-order valence-corrected chi connectivity index (χ3v) is 4.38. The van der Waals surface area contributed by atoms with Crippen LogP contribution in [0.1, 0.15) is 25.7 Å². The maximum atomic E-state index is 12.6. The molecule has 13 nitrogen and oxygen atoms in total. The lowest BCUT2D eigenvalue weighted by Crippen LogP contribution is -2.56. The van der Waals surface area contributed by atoms with Crippen molar-refractivity contribution in [1.29, 1.82) is 0 Å². The number of thioether (sulfide) groups is 1. The summed E-state index contributed by atoms with van der Waals surface area (Å²) in [7, 11) is 0. The number of aliphatic carboxylic acids is 1. The zero-order valence-electron chi connectivity index (χ0n) is 16.5. The summed E-state index contributed by atoms with van der Waals surface area (Å²) in [6.07, 6.45) is 1.27. The van der Waals surface area contributed by atoms with Gasteiger partial charge < -0.3 is 38.3 Å². The summed E-state index contributed by atoms with van der Waals surface area (Å²) >= 11 is 1.40. The second-order valence-electron chi connectivity index (χ2n) is 6.30. The first-order valence-electron chi connectivity index (χ1n) is 8.89. The van der Waals surface area contributed by atoms with Crippen LogP contribution in [-0.4, -0.2) is 77.3 Å². The van der Waals surface area contributed by atoms with Gasteiger partial charge in [-0.3, -0.25) is 28.8 Å². The van der Waals surface area contributed by atoms with Crippen LogP contribution in [0.4, 0.5) is 0 Å². The highest BCUT2D eigenvalue weighted by Gasteiger charge is 2.29. The molecule has 3 unspecified atom stereocenters. The molecule has 10 N–H and O–H groups in total. The van der Waals surface area contributed by atoms with Gasteiger partial charge in [0.05, 0.1) is 12.5 Å². The van der Waals surface area contributed by atoms with E-state index in [0.29, 0.717) is 5.75 Å². The molecule has 0 fully saturated rings.